The van der Waals surface area contributed by atoms with Crippen molar-refractivity contribution in [3.8, 4) is 0 Å². The van der Waals surface area contributed by atoms with Gasteiger partial charge in [0, 0.05) is 23.7 Å². The third-order valence-corrected chi connectivity index (χ3v) is 7.20. The summed E-state index contributed by atoms with van der Waals surface area (Å²) in [6, 6.07) is 12.1. The van der Waals surface area contributed by atoms with Gasteiger partial charge in [-0.25, -0.2) is 13.9 Å². The number of benzene rings is 2. The first kappa shape index (κ1) is 25.6. The van der Waals surface area contributed by atoms with Crippen molar-refractivity contribution < 1.29 is 9.59 Å². The minimum absolute atomic E-state index is 0.115. The van der Waals surface area contributed by atoms with E-state index < -0.39 is 5.69 Å². The molecule has 2 aromatic heterocycles. The van der Waals surface area contributed by atoms with Crippen LogP contribution in [0.25, 0.3) is 16.7 Å². The van der Waals surface area contributed by atoms with Crippen molar-refractivity contribution in [2.75, 3.05) is 0 Å². The summed E-state index contributed by atoms with van der Waals surface area (Å²) in [5.74, 6) is -0.218. The average molecular weight is 516 g/mol. The maximum Gasteiger partial charge on any atom is 0.352 e. The minimum atomic E-state index is -0.534. The van der Waals surface area contributed by atoms with E-state index in [2.05, 4.69) is 10.4 Å². The van der Waals surface area contributed by atoms with Crippen molar-refractivity contribution in [2.45, 2.75) is 72.0 Å². The van der Waals surface area contributed by atoms with E-state index in [-0.39, 0.29) is 41.5 Å². The van der Waals surface area contributed by atoms with E-state index in [4.69, 9.17) is 0 Å². The van der Waals surface area contributed by atoms with E-state index in [1.54, 1.807) is 30.3 Å². The predicted molar refractivity (Wildman–Crippen MR) is 146 cm³/mol. The van der Waals surface area contributed by atoms with Crippen LogP contribution in [0, 0.1) is 12.8 Å². The molecule has 38 heavy (non-hydrogen) atoms. The van der Waals surface area contributed by atoms with Gasteiger partial charge in [-0.2, -0.15) is 0 Å². The van der Waals surface area contributed by atoms with Gasteiger partial charge >= 0.3 is 5.69 Å². The average Bonchev–Trinajstić information content (AvgIpc) is 3.22. The first-order valence-electron chi connectivity index (χ1n) is 13.3. The normalized spacial score (nSPS) is 14.4. The Morgan fingerprint density at radius 2 is 1.68 bits per heavy atom. The molecule has 1 aliphatic rings. The fourth-order valence-corrected chi connectivity index (χ4v) is 5.17. The van der Waals surface area contributed by atoms with E-state index >= 15 is 0 Å². The second-order valence-electron chi connectivity index (χ2n) is 10.7. The third-order valence-electron chi connectivity index (χ3n) is 7.20. The van der Waals surface area contributed by atoms with Gasteiger partial charge in [-0.1, -0.05) is 62.9 Å². The van der Waals surface area contributed by atoms with Crippen molar-refractivity contribution in [2.24, 2.45) is 5.92 Å². The maximum absolute atomic E-state index is 13.6. The minimum Gasteiger partial charge on any atom is -0.349 e. The predicted octanol–water partition coefficient (Wildman–Crippen LogP) is 3.72. The van der Waals surface area contributed by atoms with Gasteiger partial charge in [-0.05, 0) is 43.9 Å². The van der Waals surface area contributed by atoms with E-state index in [0.29, 0.717) is 28.6 Å². The number of hydrogen-bond acceptors (Lipinski definition) is 5. The molecular weight excluding hydrogens is 482 g/mol. The summed E-state index contributed by atoms with van der Waals surface area (Å²) in [7, 11) is 0. The zero-order valence-electron chi connectivity index (χ0n) is 22.1. The molecule has 0 bridgehead atoms. The Kier molecular flexibility index (Phi) is 7.01. The summed E-state index contributed by atoms with van der Waals surface area (Å²) in [6.07, 6.45) is 5.26. The second-order valence-corrected chi connectivity index (χ2v) is 10.7. The molecule has 1 N–H and O–H groups in total. The summed E-state index contributed by atoms with van der Waals surface area (Å²) in [4.78, 5) is 53.1. The lowest BCUT2D eigenvalue weighted by Crippen LogP contribution is -2.36. The van der Waals surface area contributed by atoms with Crippen LogP contribution in [0.4, 0.5) is 0 Å². The first-order valence-corrected chi connectivity index (χ1v) is 13.3. The molecule has 0 spiro atoms. The highest BCUT2D eigenvalue weighted by Gasteiger charge is 2.22. The number of Topliss-reactive ketones (excluding diaryl/α,β-unsaturated/α-hetero) is 1. The number of nitrogens with one attached hydrogen (secondary N) is 1. The summed E-state index contributed by atoms with van der Waals surface area (Å²) in [5, 5.41) is 7.85. The smallest absolute Gasteiger partial charge is 0.349 e. The number of fused-ring (bicyclic) bond motifs is 3. The van der Waals surface area contributed by atoms with E-state index in [1.165, 1.54) is 15.4 Å². The molecule has 0 saturated heterocycles. The molecule has 1 saturated carbocycles. The monoisotopic (exact) mass is 515 g/mol. The van der Waals surface area contributed by atoms with Crippen LogP contribution in [0.15, 0.2) is 52.1 Å². The van der Waals surface area contributed by atoms with Gasteiger partial charge in [-0.3, -0.25) is 19.0 Å². The van der Waals surface area contributed by atoms with Crippen LogP contribution >= 0.6 is 0 Å². The van der Waals surface area contributed by atoms with Gasteiger partial charge in [0.25, 0.3) is 11.5 Å². The van der Waals surface area contributed by atoms with Gasteiger partial charge in [-0.15, -0.1) is 5.10 Å². The summed E-state index contributed by atoms with van der Waals surface area (Å²) >= 11 is 0. The van der Waals surface area contributed by atoms with Crippen LogP contribution in [-0.4, -0.2) is 36.5 Å². The van der Waals surface area contributed by atoms with Gasteiger partial charge in [0.15, 0.2) is 5.78 Å². The Morgan fingerprint density at radius 3 is 2.37 bits per heavy atom. The summed E-state index contributed by atoms with van der Waals surface area (Å²) < 4.78 is 3.92. The Morgan fingerprint density at radius 1 is 1.00 bits per heavy atom. The molecule has 1 aliphatic carbocycles. The maximum atomic E-state index is 13.6. The first-order chi connectivity index (χ1) is 18.2. The van der Waals surface area contributed by atoms with Gasteiger partial charge < -0.3 is 5.32 Å². The molecule has 5 rings (SSSR count). The number of aromatic nitrogens is 4. The Bertz CT molecular complexity index is 1640. The number of nitrogens with zero attached hydrogens (tertiary/aromatic N) is 4. The fourth-order valence-electron chi connectivity index (χ4n) is 5.17. The standard InChI is InChI=1S/C29H33N5O4/c1-18(2)16-32-27(37)23-14-13-21(26(36)30-22-7-5-4-6-8-22)15-24(23)34-28(32)31-33(29(34)38)17-25(35)20-11-9-19(3)10-12-20/h9-15,18,22H,4-8,16-17H2,1-3H3,(H,30,36). The molecule has 4 aromatic rings. The summed E-state index contributed by atoms with van der Waals surface area (Å²) in [5.41, 5.74) is 1.36. The van der Waals surface area contributed by atoms with E-state index in [0.717, 1.165) is 35.9 Å². The lowest BCUT2D eigenvalue weighted by Gasteiger charge is -2.22. The molecule has 0 atom stereocenters. The van der Waals surface area contributed by atoms with Crippen molar-refractivity contribution in [3.05, 3.63) is 80.0 Å². The van der Waals surface area contributed by atoms with E-state index in [1.807, 2.05) is 32.9 Å². The lowest BCUT2D eigenvalue weighted by atomic mass is 9.95. The molecule has 1 fully saturated rings. The largest absolute Gasteiger partial charge is 0.352 e. The Labute approximate surface area is 220 Å². The van der Waals surface area contributed by atoms with Crippen molar-refractivity contribution in [1.29, 1.82) is 0 Å². The van der Waals surface area contributed by atoms with Crippen LogP contribution in [0.3, 0.4) is 0 Å². The number of amides is 1. The molecule has 2 aromatic carbocycles. The number of aryl methyl sites for hydroxylation is 1. The number of rotatable bonds is 7. The molecular formula is C29H33N5O4. The van der Waals surface area contributed by atoms with Gasteiger partial charge in [0.05, 0.1) is 10.9 Å². The van der Waals surface area contributed by atoms with Crippen LogP contribution in [0.5, 0.6) is 0 Å². The lowest BCUT2D eigenvalue weighted by molar-refractivity contribution is 0.0926. The molecule has 0 radical (unpaired) electrons. The molecule has 9 heteroatoms. The molecule has 9 nitrogen and oxygen atoms in total. The highest BCUT2D eigenvalue weighted by Crippen LogP contribution is 2.19. The molecule has 198 valence electrons. The number of ketones is 1. The number of carbonyl (C=O) groups is 2. The fraction of sp³-hybridized carbons (Fsp3) is 0.414. The van der Waals surface area contributed by atoms with Crippen LogP contribution in [-0.2, 0) is 13.1 Å². The van der Waals surface area contributed by atoms with Crippen molar-refractivity contribution >= 4 is 28.4 Å². The Hall–Kier alpha value is -4.01. The Balaban J connectivity index is 1.61. The highest BCUT2D eigenvalue weighted by molar-refractivity contribution is 5.98. The molecule has 0 aliphatic heterocycles. The van der Waals surface area contributed by atoms with E-state index in [9.17, 15) is 19.2 Å². The van der Waals surface area contributed by atoms with Crippen LogP contribution < -0.4 is 16.6 Å². The van der Waals surface area contributed by atoms with Crippen LogP contribution in [0.2, 0.25) is 0 Å². The SMILES string of the molecule is Cc1ccc(C(=O)Cn2nc3n(CC(C)C)c(=O)c4ccc(C(=O)NC5CCCCC5)cc4n3c2=O)cc1. The van der Waals surface area contributed by atoms with Crippen molar-refractivity contribution in [3.63, 3.8) is 0 Å². The highest BCUT2D eigenvalue weighted by atomic mass is 16.2. The molecule has 2 heterocycles. The zero-order chi connectivity index (χ0) is 27.0. The molecule has 0 unspecified atom stereocenters. The van der Waals surface area contributed by atoms with Crippen LogP contribution in [0.1, 0.15) is 72.2 Å². The number of carbonyl (C=O) groups excluding carboxylic acids is 2. The molecule has 1 amide bonds. The van der Waals surface area contributed by atoms with Gasteiger partial charge in [0.2, 0.25) is 5.78 Å². The van der Waals surface area contributed by atoms with Crippen molar-refractivity contribution in [1.82, 2.24) is 24.1 Å². The second kappa shape index (κ2) is 10.4. The zero-order valence-corrected chi connectivity index (χ0v) is 22.1. The summed E-state index contributed by atoms with van der Waals surface area (Å²) in [6.45, 7) is 5.97. The number of hydrogen-bond donors (Lipinski definition) is 1. The quantitative estimate of drug-likeness (QED) is 0.378. The third kappa shape index (κ3) is 4.92. The topological polar surface area (TPSA) is 107 Å². The van der Waals surface area contributed by atoms with Gasteiger partial charge in [0.1, 0.15) is 6.54 Å².